The van der Waals surface area contributed by atoms with Crippen molar-refractivity contribution in [2.24, 2.45) is 11.8 Å². The van der Waals surface area contributed by atoms with Crippen LogP contribution in [-0.2, 0) is 0 Å². The molecular weight excluding hydrogens is 257 g/mol. The summed E-state index contributed by atoms with van der Waals surface area (Å²) in [4.78, 5) is 9.12. The monoisotopic (exact) mass is 275 g/mol. The van der Waals surface area contributed by atoms with Crippen LogP contribution in [0.4, 0.5) is 5.69 Å². The zero-order chi connectivity index (χ0) is 10.3. The standard InChI is InChI=1S/C12H17N3.2ClH/c1-14-6-10-8-15(9-11(10)7-14)12-3-2-4-13-5-12;;/h2-5,10-11H,6-9H2,1H3;2*1H/t10-,11+;;. The van der Waals surface area contributed by atoms with Crippen molar-refractivity contribution in [1.82, 2.24) is 9.88 Å². The van der Waals surface area contributed by atoms with E-state index in [1.54, 1.807) is 0 Å². The van der Waals surface area contributed by atoms with Gasteiger partial charge in [0.1, 0.15) is 0 Å². The van der Waals surface area contributed by atoms with Crippen LogP contribution in [0.15, 0.2) is 24.5 Å². The first-order chi connectivity index (χ1) is 7.33. The minimum Gasteiger partial charge on any atom is -0.370 e. The summed E-state index contributed by atoms with van der Waals surface area (Å²) in [7, 11) is 2.23. The summed E-state index contributed by atoms with van der Waals surface area (Å²) >= 11 is 0. The number of aromatic nitrogens is 1. The fourth-order valence-electron chi connectivity index (χ4n) is 2.98. The number of pyridine rings is 1. The molecule has 0 saturated carbocycles. The number of anilines is 1. The number of rotatable bonds is 1. The summed E-state index contributed by atoms with van der Waals surface area (Å²) in [5.41, 5.74) is 1.29. The van der Waals surface area contributed by atoms with Gasteiger partial charge in [0.25, 0.3) is 0 Å². The summed E-state index contributed by atoms with van der Waals surface area (Å²) in [6, 6.07) is 4.19. The van der Waals surface area contributed by atoms with Gasteiger partial charge in [0.05, 0.1) is 11.9 Å². The van der Waals surface area contributed by atoms with Crippen LogP contribution in [0.25, 0.3) is 0 Å². The second-order valence-corrected chi connectivity index (χ2v) is 4.86. The van der Waals surface area contributed by atoms with E-state index in [0.717, 1.165) is 11.8 Å². The number of hydrogen-bond donors (Lipinski definition) is 0. The van der Waals surface area contributed by atoms with Gasteiger partial charge in [0, 0.05) is 32.4 Å². The lowest BCUT2D eigenvalue weighted by atomic mass is 10.0. The zero-order valence-corrected chi connectivity index (χ0v) is 11.6. The van der Waals surface area contributed by atoms with Gasteiger partial charge in [-0.15, -0.1) is 24.8 Å². The fourth-order valence-corrected chi connectivity index (χ4v) is 2.98. The van der Waals surface area contributed by atoms with E-state index in [-0.39, 0.29) is 24.8 Å². The largest absolute Gasteiger partial charge is 0.370 e. The van der Waals surface area contributed by atoms with Gasteiger partial charge in [0.15, 0.2) is 0 Å². The smallest absolute Gasteiger partial charge is 0.0552 e. The molecule has 17 heavy (non-hydrogen) atoms. The molecule has 5 heteroatoms. The van der Waals surface area contributed by atoms with Gasteiger partial charge in [-0.3, -0.25) is 4.98 Å². The molecule has 0 aromatic carbocycles. The van der Waals surface area contributed by atoms with Crippen molar-refractivity contribution in [3.8, 4) is 0 Å². The lowest BCUT2D eigenvalue weighted by Crippen LogP contribution is -2.26. The molecule has 2 aliphatic rings. The third-order valence-electron chi connectivity index (χ3n) is 3.68. The molecular formula is C12H19Cl2N3. The van der Waals surface area contributed by atoms with Crippen LogP contribution in [0.3, 0.4) is 0 Å². The van der Waals surface area contributed by atoms with Gasteiger partial charge in [-0.05, 0) is 31.0 Å². The minimum absolute atomic E-state index is 0. The maximum Gasteiger partial charge on any atom is 0.0552 e. The van der Waals surface area contributed by atoms with Crippen molar-refractivity contribution in [1.29, 1.82) is 0 Å². The molecule has 0 spiro atoms. The van der Waals surface area contributed by atoms with E-state index in [4.69, 9.17) is 0 Å². The minimum atomic E-state index is 0. The number of halogens is 2. The molecule has 0 aliphatic carbocycles. The quantitative estimate of drug-likeness (QED) is 0.781. The Labute approximate surface area is 115 Å². The van der Waals surface area contributed by atoms with Gasteiger partial charge >= 0.3 is 0 Å². The third-order valence-corrected chi connectivity index (χ3v) is 3.68. The molecule has 2 atom stereocenters. The van der Waals surface area contributed by atoms with Crippen LogP contribution in [0.2, 0.25) is 0 Å². The van der Waals surface area contributed by atoms with E-state index in [2.05, 4.69) is 27.9 Å². The summed E-state index contributed by atoms with van der Waals surface area (Å²) < 4.78 is 0. The first-order valence-electron chi connectivity index (χ1n) is 5.66. The maximum absolute atomic E-state index is 4.19. The van der Waals surface area contributed by atoms with Gasteiger partial charge in [-0.25, -0.2) is 0 Å². The topological polar surface area (TPSA) is 19.4 Å². The van der Waals surface area contributed by atoms with E-state index < -0.39 is 0 Å². The second kappa shape index (κ2) is 5.89. The molecule has 2 saturated heterocycles. The number of hydrogen-bond acceptors (Lipinski definition) is 3. The number of nitrogens with zero attached hydrogens (tertiary/aromatic N) is 3. The molecule has 3 rings (SSSR count). The predicted molar refractivity (Wildman–Crippen MR) is 75.4 cm³/mol. The molecule has 1 aromatic heterocycles. The van der Waals surface area contributed by atoms with E-state index in [0.29, 0.717) is 0 Å². The van der Waals surface area contributed by atoms with Crippen LogP contribution >= 0.6 is 24.8 Å². The van der Waals surface area contributed by atoms with E-state index in [9.17, 15) is 0 Å². The molecule has 0 unspecified atom stereocenters. The number of fused-ring (bicyclic) bond motifs is 1. The molecule has 1 aromatic rings. The lowest BCUT2D eigenvalue weighted by molar-refractivity contribution is 0.387. The summed E-state index contributed by atoms with van der Waals surface area (Å²) in [5.74, 6) is 1.74. The Balaban J connectivity index is 0.000000722. The molecule has 0 bridgehead atoms. The van der Waals surface area contributed by atoms with Crippen molar-refractivity contribution in [3.63, 3.8) is 0 Å². The average molecular weight is 276 g/mol. The van der Waals surface area contributed by atoms with Crippen molar-refractivity contribution < 1.29 is 0 Å². The van der Waals surface area contributed by atoms with Gasteiger partial charge < -0.3 is 9.80 Å². The maximum atomic E-state index is 4.19. The van der Waals surface area contributed by atoms with Gasteiger partial charge in [0.2, 0.25) is 0 Å². The van der Waals surface area contributed by atoms with Crippen LogP contribution in [0, 0.1) is 11.8 Å². The van der Waals surface area contributed by atoms with E-state index in [1.807, 2.05) is 18.5 Å². The Morgan fingerprint density at radius 3 is 2.29 bits per heavy atom. The van der Waals surface area contributed by atoms with Crippen molar-refractivity contribution in [2.45, 2.75) is 0 Å². The molecule has 2 aliphatic heterocycles. The van der Waals surface area contributed by atoms with E-state index >= 15 is 0 Å². The molecule has 3 nitrogen and oxygen atoms in total. The van der Waals surface area contributed by atoms with Crippen LogP contribution in [-0.4, -0.2) is 43.1 Å². The Bertz CT molecular complexity index is 333. The van der Waals surface area contributed by atoms with Crippen molar-refractivity contribution in [3.05, 3.63) is 24.5 Å². The third kappa shape index (κ3) is 2.84. The van der Waals surface area contributed by atoms with Crippen LogP contribution < -0.4 is 4.90 Å². The molecule has 2 fully saturated rings. The Hall–Kier alpha value is -0.510. The normalized spacial score (nSPS) is 27.2. The molecule has 3 heterocycles. The van der Waals surface area contributed by atoms with Crippen LogP contribution in [0.5, 0.6) is 0 Å². The van der Waals surface area contributed by atoms with Crippen molar-refractivity contribution in [2.75, 3.05) is 38.1 Å². The molecule has 0 N–H and O–H groups in total. The Morgan fingerprint density at radius 2 is 1.76 bits per heavy atom. The Morgan fingerprint density at radius 1 is 1.12 bits per heavy atom. The molecule has 0 radical (unpaired) electrons. The lowest BCUT2D eigenvalue weighted by Gasteiger charge is -2.20. The molecule has 0 amide bonds. The van der Waals surface area contributed by atoms with Gasteiger partial charge in [-0.1, -0.05) is 0 Å². The summed E-state index contributed by atoms with van der Waals surface area (Å²) in [6.07, 6.45) is 3.82. The Kier molecular flexibility index (Phi) is 5.04. The molecule has 96 valence electrons. The first-order valence-corrected chi connectivity index (χ1v) is 5.66. The predicted octanol–water partition coefficient (Wildman–Crippen LogP) is 1.92. The summed E-state index contributed by atoms with van der Waals surface area (Å²) in [6.45, 7) is 4.95. The first kappa shape index (κ1) is 14.6. The number of likely N-dealkylation sites (tertiary alicyclic amines) is 1. The SMILES string of the molecule is CN1C[C@@H]2CN(c3cccnc3)C[C@@H]2C1.Cl.Cl. The highest BCUT2D eigenvalue weighted by molar-refractivity contribution is 5.85. The summed E-state index contributed by atoms with van der Waals surface area (Å²) in [5, 5.41) is 0. The average Bonchev–Trinajstić information content (AvgIpc) is 2.76. The zero-order valence-electron chi connectivity index (χ0n) is 9.95. The highest BCUT2D eigenvalue weighted by Crippen LogP contribution is 2.32. The van der Waals surface area contributed by atoms with E-state index in [1.165, 1.54) is 31.9 Å². The van der Waals surface area contributed by atoms with Gasteiger partial charge in [-0.2, -0.15) is 0 Å². The fraction of sp³-hybridized carbons (Fsp3) is 0.583. The highest BCUT2D eigenvalue weighted by atomic mass is 35.5. The van der Waals surface area contributed by atoms with Crippen molar-refractivity contribution >= 4 is 30.5 Å². The second-order valence-electron chi connectivity index (χ2n) is 4.86. The highest BCUT2D eigenvalue weighted by Gasteiger charge is 2.38. The van der Waals surface area contributed by atoms with Crippen LogP contribution in [0.1, 0.15) is 0 Å².